The fourth-order valence-electron chi connectivity index (χ4n) is 1.96. The monoisotopic (exact) mass is 229 g/mol. The molecule has 0 amide bonds. The van der Waals surface area contributed by atoms with E-state index in [4.69, 9.17) is 0 Å². The van der Waals surface area contributed by atoms with Crippen LogP contribution in [0.15, 0.2) is 36.5 Å². The van der Waals surface area contributed by atoms with Crippen molar-refractivity contribution in [3.63, 3.8) is 0 Å². The second kappa shape index (κ2) is 4.45. The molecule has 3 heteroatoms. The number of hydrogen-bond donors (Lipinski definition) is 2. The summed E-state index contributed by atoms with van der Waals surface area (Å²) in [6.07, 6.45) is 1.79. The molecule has 0 saturated heterocycles. The second-order valence-electron chi connectivity index (χ2n) is 4.32. The molecule has 0 aliphatic rings. The predicted molar refractivity (Wildman–Crippen MR) is 67.3 cm³/mol. The highest BCUT2D eigenvalue weighted by atomic mass is 16.4. The molecule has 0 spiro atoms. The fourth-order valence-corrected chi connectivity index (χ4v) is 1.96. The van der Waals surface area contributed by atoms with Crippen LogP contribution in [-0.4, -0.2) is 16.1 Å². The van der Waals surface area contributed by atoms with Gasteiger partial charge in [-0.25, -0.2) is 4.79 Å². The second-order valence-corrected chi connectivity index (χ2v) is 4.32. The number of aromatic amines is 1. The van der Waals surface area contributed by atoms with Gasteiger partial charge in [-0.15, -0.1) is 0 Å². The number of nitrogens with one attached hydrogen (secondary N) is 1. The highest BCUT2D eigenvalue weighted by Gasteiger charge is 2.20. The van der Waals surface area contributed by atoms with Crippen LogP contribution in [0, 0.1) is 0 Å². The van der Waals surface area contributed by atoms with Gasteiger partial charge in [0.05, 0.1) is 11.3 Å². The van der Waals surface area contributed by atoms with E-state index in [9.17, 15) is 9.90 Å². The van der Waals surface area contributed by atoms with Gasteiger partial charge in [0.1, 0.15) is 0 Å². The smallest absolute Gasteiger partial charge is 0.338 e. The number of rotatable bonds is 3. The Bertz CT molecular complexity index is 526. The van der Waals surface area contributed by atoms with Gasteiger partial charge in [-0.2, -0.15) is 0 Å². The normalized spacial score (nSPS) is 10.8. The summed E-state index contributed by atoms with van der Waals surface area (Å²) in [4.78, 5) is 14.4. The molecule has 0 aliphatic heterocycles. The third-order valence-corrected chi connectivity index (χ3v) is 2.81. The molecule has 0 saturated carbocycles. The first kappa shape index (κ1) is 11.5. The lowest BCUT2D eigenvalue weighted by Gasteiger charge is -2.05. The van der Waals surface area contributed by atoms with Crippen molar-refractivity contribution in [2.75, 3.05) is 0 Å². The van der Waals surface area contributed by atoms with Gasteiger partial charge < -0.3 is 10.1 Å². The third-order valence-electron chi connectivity index (χ3n) is 2.81. The minimum atomic E-state index is -0.881. The predicted octanol–water partition coefficient (Wildman–Crippen LogP) is 3.50. The van der Waals surface area contributed by atoms with Gasteiger partial charge in [0.25, 0.3) is 0 Å². The average Bonchev–Trinajstić information content (AvgIpc) is 2.74. The highest BCUT2D eigenvalue weighted by Crippen LogP contribution is 2.29. The summed E-state index contributed by atoms with van der Waals surface area (Å²) in [6, 6.07) is 9.52. The molecule has 0 atom stereocenters. The quantitative estimate of drug-likeness (QED) is 0.846. The Hall–Kier alpha value is -2.03. The lowest BCUT2D eigenvalue weighted by atomic mass is 9.98. The number of carbonyl (C=O) groups is 1. The number of carboxylic acid groups (broad SMARTS) is 1. The number of aromatic carboxylic acids is 1. The maximum absolute atomic E-state index is 11.4. The van der Waals surface area contributed by atoms with Crippen molar-refractivity contribution >= 4 is 5.97 Å². The van der Waals surface area contributed by atoms with Crippen LogP contribution < -0.4 is 0 Å². The highest BCUT2D eigenvalue weighted by molar-refractivity contribution is 5.97. The van der Waals surface area contributed by atoms with E-state index in [1.165, 1.54) is 0 Å². The summed E-state index contributed by atoms with van der Waals surface area (Å²) in [5, 5.41) is 9.33. The number of hydrogen-bond acceptors (Lipinski definition) is 1. The molecular formula is C14H15NO2. The van der Waals surface area contributed by atoms with Crippen LogP contribution >= 0.6 is 0 Å². The molecular weight excluding hydrogens is 214 g/mol. The molecule has 0 aliphatic carbocycles. The summed E-state index contributed by atoms with van der Waals surface area (Å²) in [7, 11) is 0. The van der Waals surface area contributed by atoms with E-state index in [0.717, 1.165) is 11.1 Å². The Morgan fingerprint density at radius 2 is 1.88 bits per heavy atom. The molecule has 1 aromatic carbocycles. The first-order valence-corrected chi connectivity index (χ1v) is 5.61. The average molecular weight is 229 g/mol. The van der Waals surface area contributed by atoms with Crippen LogP contribution in [0.5, 0.6) is 0 Å². The lowest BCUT2D eigenvalue weighted by Crippen LogP contribution is -2.02. The van der Waals surface area contributed by atoms with Crippen molar-refractivity contribution < 1.29 is 9.90 Å². The van der Waals surface area contributed by atoms with Crippen molar-refractivity contribution in [3.05, 3.63) is 47.7 Å². The molecule has 1 heterocycles. The molecule has 2 aromatic rings. The maximum Gasteiger partial charge on any atom is 0.338 e. The molecule has 88 valence electrons. The molecule has 0 radical (unpaired) electrons. The van der Waals surface area contributed by atoms with E-state index in [-0.39, 0.29) is 5.92 Å². The van der Waals surface area contributed by atoms with Crippen LogP contribution in [0.1, 0.15) is 35.7 Å². The van der Waals surface area contributed by atoms with Gasteiger partial charge in [-0.3, -0.25) is 0 Å². The molecule has 17 heavy (non-hydrogen) atoms. The topological polar surface area (TPSA) is 53.1 Å². The number of benzene rings is 1. The number of aromatic nitrogens is 1. The maximum atomic E-state index is 11.4. The molecule has 2 rings (SSSR count). The van der Waals surface area contributed by atoms with Crippen LogP contribution in [0.2, 0.25) is 0 Å². The Morgan fingerprint density at radius 3 is 2.41 bits per heavy atom. The van der Waals surface area contributed by atoms with Crippen molar-refractivity contribution in [2.45, 2.75) is 19.8 Å². The Labute approximate surface area is 100 Å². The zero-order chi connectivity index (χ0) is 12.4. The van der Waals surface area contributed by atoms with E-state index in [2.05, 4.69) is 4.98 Å². The van der Waals surface area contributed by atoms with Gasteiger partial charge in [-0.05, 0) is 17.0 Å². The lowest BCUT2D eigenvalue weighted by molar-refractivity contribution is 0.0696. The van der Waals surface area contributed by atoms with Crippen LogP contribution in [0.4, 0.5) is 0 Å². The van der Waals surface area contributed by atoms with Crippen molar-refractivity contribution in [3.8, 4) is 11.3 Å². The van der Waals surface area contributed by atoms with Crippen LogP contribution in [0.3, 0.4) is 0 Å². The number of H-pyrrole nitrogens is 1. The SMILES string of the molecule is CC(C)c1c[nH]c(-c2ccccc2)c1C(=O)O. The van der Waals surface area contributed by atoms with Gasteiger partial charge in [0, 0.05) is 6.20 Å². The number of carboxylic acids is 1. The first-order valence-electron chi connectivity index (χ1n) is 5.61. The summed E-state index contributed by atoms with van der Waals surface area (Å²) in [5.74, 6) is -0.691. The largest absolute Gasteiger partial charge is 0.478 e. The summed E-state index contributed by atoms with van der Waals surface area (Å²) in [6.45, 7) is 3.98. The third kappa shape index (κ3) is 2.09. The molecule has 0 bridgehead atoms. The van der Waals surface area contributed by atoms with E-state index in [1.807, 2.05) is 44.2 Å². The van der Waals surface area contributed by atoms with Gasteiger partial charge in [0.2, 0.25) is 0 Å². The van der Waals surface area contributed by atoms with Gasteiger partial charge in [-0.1, -0.05) is 44.2 Å². The van der Waals surface area contributed by atoms with Crippen molar-refractivity contribution in [2.24, 2.45) is 0 Å². The fraction of sp³-hybridized carbons (Fsp3) is 0.214. The van der Waals surface area contributed by atoms with E-state index >= 15 is 0 Å². The summed E-state index contributed by atoms with van der Waals surface area (Å²) < 4.78 is 0. The van der Waals surface area contributed by atoms with Crippen LogP contribution in [-0.2, 0) is 0 Å². The molecule has 1 aromatic heterocycles. The first-order chi connectivity index (χ1) is 8.11. The van der Waals surface area contributed by atoms with E-state index < -0.39 is 5.97 Å². The molecule has 0 fully saturated rings. The minimum absolute atomic E-state index is 0.190. The molecule has 0 unspecified atom stereocenters. The Morgan fingerprint density at radius 1 is 1.24 bits per heavy atom. The molecule has 3 nitrogen and oxygen atoms in total. The van der Waals surface area contributed by atoms with Gasteiger partial charge in [0.15, 0.2) is 0 Å². The minimum Gasteiger partial charge on any atom is -0.478 e. The zero-order valence-electron chi connectivity index (χ0n) is 9.90. The standard InChI is InChI=1S/C14H15NO2/c1-9(2)11-8-15-13(12(11)14(16)17)10-6-4-3-5-7-10/h3-9,15H,1-2H3,(H,16,17). The molecule has 2 N–H and O–H groups in total. The van der Waals surface area contributed by atoms with E-state index in [0.29, 0.717) is 11.3 Å². The summed E-state index contributed by atoms with van der Waals surface area (Å²) >= 11 is 0. The van der Waals surface area contributed by atoms with Gasteiger partial charge >= 0.3 is 5.97 Å². The van der Waals surface area contributed by atoms with Crippen LogP contribution in [0.25, 0.3) is 11.3 Å². The van der Waals surface area contributed by atoms with E-state index in [1.54, 1.807) is 6.20 Å². The summed E-state index contributed by atoms with van der Waals surface area (Å²) in [5.41, 5.74) is 2.81. The Balaban J connectivity index is 2.60. The van der Waals surface area contributed by atoms with Crippen molar-refractivity contribution in [1.29, 1.82) is 0 Å². The Kier molecular flexibility index (Phi) is 3.00. The zero-order valence-corrected chi connectivity index (χ0v) is 9.90. The van der Waals surface area contributed by atoms with Crippen molar-refractivity contribution in [1.82, 2.24) is 4.98 Å².